The molecule has 1 heterocycles. The fourth-order valence-electron chi connectivity index (χ4n) is 4.48. The van der Waals surface area contributed by atoms with Crippen molar-refractivity contribution < 1.29 is 23.7 Å². The number of benzene rings is 1. The SMILES string of the molecule is CCOC=Cc1c(Cl)c2c(c(C)c1C(=O)OC)OC(C)(C1CCC(N(C)C)CC1)O2. The summed E-state index contributed by atoms with van der Waals surface area (Å²) in [7, 11) is 5.60. The van der Waals surface area contributed by atoms with Gasteiger partial charge in [0.05, 0.1) is 30.6 Å². The summed E-state index contributed by atoms with van der Waals surface area (Å²) in [5.41, 5.74) is 1.53. The first-order valence-electron chi connectivity index (χ1n) is 10.5. The molecule has 0 N–H and O–H groups in total. The number of ether oxygens (including phenoxy) is 4. The van der Waals surface area contributed by atoms with Crippen LogP contribution in [0.15, 0.2) is 6.26 Å². The maximum atomic E-state index is 12.5. The molecular formula is C23H32ClNO5. The van der Waals surface area contributed by atoms with Crippen molar-refractivity contribution in [2.75, 3.05) is 27.8 Å². The van der Waals surface area contributed by atoms with Gasteiger partial charge in [-0.3, -0.25) is 0 Å². The molecule has 166 valence electrons. The summed E-state index contributed by atoms with van der Waals surface area (Å²) in [5.74, 6) is -0.0529. The average molecular weight is 438 g/mol. The molecule has 1 saturated carbocycles. The summed E-state index contributed by atoms with van der Waals surface area (Å²) in [4.78, 5) is 14.8. The Morgan fingerprint density at radius 3 is 2.43 bits per heavy atom. The van der Waals surface area contributed by atoms with E-state index in [2.05, 4.69) is 19.0 Å². The minimum absolute atomic E-state index is 0.237. The zero-order valence-corrected chi connectivity index (χ0v) is 19.5. The summed E-state index contributed by atoms with van der Waals surface area (Å²) in [6.45, 7) is 6.20. The molecule has 0 spiro atoms. The van der Waals surface area contributed by atoms with Gasteiger partial charge in [-0.1, -0.05) is 11.6 Å². The molecule has 1 unspecified atom stereocenters. The highest BCUT2D eigenvalue weighted by molar-refractivity contribution is 6.34. The number of esters is 1. The first kappa shape index (κ1) is 22.8. The zero-order chi connectivity index (χ0) is 22.1. The third-order valence-electron chi connectivity index (χ3n) is 6.29. The Hall–Kier alpha value is -1.92. The number of halogens is 1. The Kier molecular flexibility index (Phi) is 6.88. The first-order valence-corrected chi connectivity index (χ1v) is 10.9. The molecule has 0 radical (unpaired) electrons. The van der Waals surface area contributed by atoms with Gasteiger partial charge in [-0.2, -0.15) is 0 Å². The van der Waals surface area contributed by atoms with Crippen molar-refractivity contribution in [1.29, 1.82) is 0 Å². The molecule has 1 aliphatic heterocycles. The summed E-state index contributed by atoms with van der Waals surface area (Å²) in [6, 6.07) is 0.584. The first-order chi connectivity index (χ1) is 14.2. The van der Waals surface area contributed by atoms with E-state index >= 15 is 0 Å². The molecule has 6 nitrogen and oxygen atoms in total. The Morgan fingerprint density at radius 2 is 1.87 bits per heavy atom. The van der Waals surface area contributed by atoms with Gasteiger partial charge in [0, 0.05) is 30.0 Å². The van der Waals surface area contributed by atoms with E-state index in [1.165, 1.54) is 13.4 Å². The number of nitrogens with zero attached hydrogens (tertiary/aromatic N) is 1. The lowest BCUT2D eigenvalue weighted by Gasteiger charge is -2.39. The van der Waals surface area contributed by atoms with E-state index in [9.17, 15) is 4.79 Å². The van der Waals surface area contributed by atoms with Crippen LogP contribution in [0.3, 0.4) is 0 Å². The van der Waals surface area contributed by atoms with Crippen molar-refractivity contribution in [3.63, 3.8) is 0 Å². The molecule has 0 bridgehead atoms. The van der Waals surface area contributed by atoms with Crippen LogP contribution in [0.5, 0.6) is 11.5 Å². The summed E-state index contributed by atoms with van der Waals surface area (Å²) >= 11 is 6.72. The van der Waals surface area contributed by atoms with E-state index in [1.54, 1.807) is 6.08 Å². The lowest BCUT2D eigenvalue weighted by molar-refractivity contribution is -0.123. The van der Waals surface area contributed by atoms with Gasteiger partial charge in [0.15, 0.2) is 11.5 Å². The van der Waals surface area contributed by atoms with Gasteiger partial charge in [-0.25, -0.2) is 4.79 Å². The monoisotopic (exact) mass is 437 g/mol. The van der Waals surface area contributed by atoms with Crippen LogP contribution < -0.4 is 9.47 Å². The Labute approximate surface area is 184 Å². The van der Waals surface area contributed by atoms with E-state index in [4.69, 9.17) is 30.5 Å². The highest BCUT2D eigenvalue weighted by Crippen LogP contribution is 2.53. The number of fused-ring (bicyclic) bond motifs is 1. The second kappa shape index (κ2) is 9.06. The maximum Gasteiger partial charge on any atom is 0.338 e. The number of rotatable bonds is 6. The van der Waals surface area contributed by atoms with Crippen molar-refractivity contribution in [3.05, 3.63) is 28.0 Å². The van der Waals surface area contributed by atoms with Crippen LogP contribution in [-0.2, 0) is 9.47 Å². The molecule has 1 aromatic carbocycles. The van der Waals surface area contributed by atoms with Crippen LogP contribution >= 0.6 is 11.6 Å². The van der Waals surface area contributed by atoms with E-state index < -0.39 is 11.8 Å². The van der Waals surface area contributed by atoms with Gasteiger partial charge < -0.3 is 23.8 Å². The predicted octanol–water partition coefficient (Wildman–Crippen LogP) is 5.05. The Balaban J connectivity index is 1.96. The number of hydrogen-bond donors (Lipinski definition) is 0. The van der Waals surface area contributed by atoms with Gasteiger partial charge in [-0.05, 0) is 59.7 Å². The van der Waals surface area contributed by atoms with Gasteiger partial charge in [0.2, 0.25) is 0 Å². The standard InChI is InChI=1S/C23H32ClNO5/c1-7-28-13-12-17-18(22(26)27-6)14(2)20-21(19(17)24)30-23(3,29-20)15-8-10-16(11-9-15)25(4)5/h12-13,15-16H,7-11H2,1-6H3. The van der Waals surface area contributed by atoms with Crippen LogP contribution in [0.1, 0.15) is 61.0 Å². The number of carbonyl (C=O) groups is 1. The van der Waals surface area contributed by atoms with Crippen molar-refractivity contribution in [2.24, 2.45) is 5.92 Å². The molecule has 2 aliphatic rings. The summed E-state index contributed by atoms with van der Waals surface area (Å²) < 4.78 is 23.1. The van der Waals surface area contributed by atoms with Crippen LogP contribution in [0.25, 0.3) is 6.08 Å². The highest BCUT2D eigenvalue weighted by Gasteiger charge is 2.48. The second-order valence-electron chi connectivity index (χ2n) is 8.32. The minimum Gasteiger partial charge on any atom is -0.501 e. The highest BCUT2D eigenvalue weighted by atomic mass is 35.5. The van der Waals surface area contributed by atoms with Crippen LogP contribution in [0.2, 0.25) is 5.02 Å². The maximum absolute atomic E-state index is 12.5. The number of hydrogen-bond acceptors (Lipinski definition) is 6. The fraction of sp³-hybridized carbons (Fsp3) is 0.609. The normalized spacial score (nSPS) is 25.7. The molecule has 1 aliphatic carbocycles. The molecule has 1 aromatic rings. The predicted molar refractivity (Wildman–Crippen MR) is 117 cm³/mol. The number of carbonyl (C=O) groups excluding carboxylic acids is 1. The van der Waals surface area contributed by atoms with Crippen molar-refractivity contribution >= 4 is 23.6 Å². The molecule has 1 atom stereocenters. The lowest BCUT2D eigenvalue weighted by Crippen LogP contribution is -2.46. The molecular weight excluding hydrogens is 406 g/mol. The molecule has 30 heavy (non-hydrogen) atoms. The van der Waals surface area contributed by atoms with Crippen LogP contribution in [0.4, 0.5) is 0 Å². The second-order valence-corrected chi connectivity index (χ2v) is 8.70. The van der Waals surface area contributed by atoms with Gasteiger partial charge >= 0.3 is 5.97 Å². The summed E-state index contributed by atoms with van der Waals surface area (Å²) in [5, 5.41) is 0.331. The zero-order valence-electron chi connectivity index (χ0n) is 18.7. The molecule has 0 aromatic heterocycles. The molecule has 1 fully saturated rings. The van der Waals surface area contributed by atoms with E-state index in [0.717, 1.165) is 25.7 Å². The molecule has 0 amide bonds. The fourth-order valence-corrected chi connectivity index (χ4v) is 4.76. The van der Waals surface area contributed by atoms with Crippen LogP contribution in [0, 0.1) is 12.8 Å². The van der Waals surface area contributed by atoms with Crippen molar-refractivity contribution in [1.82, 2.24) is 4.90 Å². The van der Waals surface area contributed by atoms with E-state index in [-0.39, 0.29) is 5.92 Å². The van der Waals surface area contributed by atoms with Gasteiger partial charge in [0.1, 0.15) is 0 Å². The van der Waals surface area contributed by atoms with Gasteiger partial charge in [-0.15, -0.1) is 0 Å². The van der Waals surface area contributed by atoms with Crippen molar-refractivity contribution in [2.45, 2.75) is 58.3 Å². The molecule has 0 saturated heterocycles. The van der Waals surface area contributed by atoms with E-state index in [1.807, 2.05) is 20.8 Å². The largest absolute Gasteiger partial charge is 0.501 e. The molecule has 3 rings (SSSR count). The molecule has 7 heteroatoms. The van der Waals surface area contributed by atoms with E-state index in [0.29, 0.717) is 45.9 Å². The third-order valence-corrected chi connectivity index (χ3v) is 6.67. The van der Waals surface area contributed by atoms with Gasteiger partial charge in [0.25, 0.3) is 5.79 Å². The topological polar surface area (TPSA) is 57.2 Å². The van der Waals surface area contributed by atoms with Crippen molar-refractivity contribution in [3.8, 4) is 11.5 Å². The lowest BCUT2D eigenvalue weighted by atomic mass is 9.81. The Morgan fingerprint density at radius 1 is 1.23 bits per heavy atom. The Bertz CT molecular complexity index is 830. The van der Waals surface area contributed by atoms with Crippen LogP contribution in [-0.4, -0.2) is 50.5 Å². The smallest absolute Gasteiger partial charge is 0.338 e. The minimum atomic E-state index is -0.816. The third kappa shape index (κ3) is 4.12. The number of methoxy groups -OCH3 is 1. The quantitative estimate of drug-likeness (QED) is 0.458. The average Bonchev–Trinajstić information content (AvgIpc) is 3.11. The summed E-state index contributed by atoms with van der Waals surface area (Å²) in [6.07, 6.45) is 7.40.